The van der Waals surface area contributed by atoms with Crippen molar-refractivity contribution in [2.24, 2.45) is 5.10 Å². The summed E-state index contributed by atoms with van der Waals surface area (Å²) >= 11 is 2.77. The molecule has 26 heavy (non-hydrogen) atoms. The van der Waals surface area contributed by atoms with Crippen molar-refractivity contribution in [3.05, 3.63) is 58.1 Å². The zero-order valence-corrected chi connectivity index (χ0v) is 14.8. The van der Waals surface area contributed by atoms with Crippen LogP contribution >= 0.6 is 23.1 Å². The molecule has 0 fully saturated rings. The summed E-state index contributed by atoms with van der Waals surface area (Å²) in [6, 6.07) is 11.0. The maximum absolute atomic E-state index is 11.8. The summed E-state index contributed by atoms with van der Waals surface area (Å²) in [5, 5.41) is 26.0. The van der Waals surface area contributed by atoms with Crippen LogP contribution in [0.15, 0.2) is 51.9 Å². The molecule has 0 atom stereocenters. The number of non-ortho nitro benzene ring substituents is 1. The van der Waals surface area contributed by atoms with Crippen molar-refractivity contribution in [2.75, 3.05) is 5.75 Å². The van der Waals surface area contributed by atoms with E-state index in [9.17, 15) is 20.0 Å². The van der Waals surface area contributed by atoms with Crippen LogP contribution < -0.4 is 10.5 Å². The van der Waals surface area contributed by atoms with Crippen molar-refractivity contribution in [2.45, 2.75) is 4.34 Å². The first-order valence-corrected chi connectivity index (χ1v) is 9.09. The second kappa shape index (κ2) is 7.93. The fourth-order valence-corrected chi connectivity index (χ4v) is 3.86. The lowest BCUT2D eigenvalue weighted by Gasteiger charge is -2.08. The number of nitrogens with one attached hydrogen (secondary N) is 1. The minimum atomic E-state index is -0.607. The standard InChI is InChI=1S/C16H12N4O4S2/c21-13-6-5-11(20(23)24)7-10(13)8-17-19-15(22)9-25-16-18-12-3-1-2-4-14(12)26-16/h1-8,21H,9H2,(H,19,22)/p-1/b17-8+. The molecule has 1 heterocycles. The van der Waals surface area contributed by atoms with Gasteiger partial charge in [0, 0.05) is 12.1 Å². The molecule has 8 nitrogen and oxygen atoms in total. The Hall–Kier alpha value is -2.98. The number of amides is 1. The number of hydrogen-bond donors (Lipinski definition) is 1. The Kier molecular flexibility index (Phi) is 5.44. The molecule has 0 radical (unpaired) electrons. The van der Waals surface area contributed by atoms with Crippen LogP contribution in [0.5, 0.6) is 5.75 Å². The van der Waals surface area contributed by atoms with Crippen LogP contribution in [0, 0.1) is 10.1 Å². The average molecular weight is 387 g/mol. The first-order valence-electron chi connectivity index (χ1n) is 7.28. The van der Waals surface area contributed by atoms with Gasteiger partial charge in [0.15, 0.2) is 4.34 Å². The van der Waals surface area contributed by atoms with Gasteiger partial charge in [0.2, 0.25) is 0 Å². The highest BCUT2D eigenvalue weighted by Gasteiger charge is 2.08. The van der Waals surface area contributed by atoms with Gasteiger partial charge < -0.3 is 5.11 Å². The number of fused-ring (bicyclic) bond motifs is 1. The van der Waals surface area contributed by atoms with Gasteiger partial charge in [-0.25, -0.2) is 10.4 Å². The average Bonchev–Trinajstić information content (AvgIpc) is 3.04. The van der Waals surface area contributed by atoms with Crippen LogP contribution in [0.1, 0.15) is 5.56 Å². The minimum Gasteiger partial charge on any atom is -0.872 e. The van der Waals surface area contributed by atoms with Crippen molar-refractivity contribution >= 4 is 51.1 Å². The summed E-state index contributed by atoms with van der Waals surface area (Å²) in [5.74, 6) is -0.683. The topological polar surface area (TPSA) is 121 Å². The molecule has 1 aromatic heterocycles. The Morgan fingerprint density at radius 2 is 2.15 bits per heavy atom. The van der Waals surface area contributed by atoms with E-state index in [2.05, 4.69) is 15.5 Å². The second-order valence-corrected chi connectivity index (χ2v) is 7.26. The molecule has 132 valence electrons. The molecule has 0 unspecified atom stereocenters. The zero-order valence-electron chi connectivity index (χ0n) is 13.1. The van der Waals surface area contributed by atoms with Gasteiger partial charge in [-0.15, -0.1) is 11.3 Å². The smallest absolute Gasteiger partial charge is 0.270 e. The maximum Gasteiger partial charge on any atom is 0.270 e. The van der Waals surface area contributed by atoms with E-state index >= 15 is 0 Å². The maximum atomic E-state index is 11.8. The summed E-state index contributed by atoms with van der Waals surface area (Å²) in [7, 11) is 0. The molecular formula is C16H11N4O4S2-. The van der Waals surface area contributed by atoms with E-state index < -0.39 is 10.7 Å². The summed E-state index contributed by atoms with van der Waals surface area (Å²) in [5.41, 5.74) is 2.98. The number of hydrazone groups is 1. The molecule has 0 saturated heterocycles. The van der Waals surface area contributed by atoms with Gasteiger partial charge in [0.05, 0.1) is 27.1 Å². The number of carbonyl (C=O) groups is 1. The monoisotopic (exact) mass is 387 g/mol. The third-order valence-corrected chi connectivity index (χ3v) is 5.38. The predicted molar refractivity (Wildman–Crippen MR) is 98.6 cm³/mol. The molecule has 0 aliphatic heterocycles. The Morgan fingerprint density at radius 3 is 2.92 bits per heavy atom. The molecule has 3 aromatic rings. The number of para-hydroxylation sites is 1. The molecule has 3 rings (SSSR count). The molecule has 0 bridgehead atoms. The van der Waals surface area contributed by atoms with Crippen LogP contribution in [0.2, 0.25) is 0 Å². The van der Waals surface area contributed by atoms with Crippen molar-refractivity contribution in [3.8, 4) is 5.75 Å². The number of nitro benzene ring substituents is 1. The molecule has 1 amide bonds. The second-order valence-electron chi connectivity index (χ2n) is 5.01. The lowest BCUT2D eigenvalue weighted by atomic mass is 10.2. The summed E-state index contributed by atoms with van der Waals surface area (Å²) in [4.78, 5) is 26.3. The van der Waals surface area contributed by atoms with E-state index in [-0.39, 0.29) is 22.9 Å². The van der Waals surface area contributed by atoms with Crippen LogP contribution in [0.25, 0.3) is 10.2 Å². The number of carbonyl (C=O) groups excluding carboxylic acids is 1. The number of thiazole rings is 1. The Balaban J connectivity index is 1.56. The summed E-state index contributed by atoms with van der Waals surface area (Å²) in [6.45, 7) is 0. The molecule has 2 aromatic carbocycles. The molecule has 10 heteroatoms. The Labute approximate surface area is 155 Å². The number of thioether (sulfide) groups is 1. The third-order valence-electron chi connectivity index (χ3n) is 3.20. The minimum absolute atomic E-state index is 0.0262. The summed E-state index contributed by atoms with van der Waals surface area (Å²) < 4.78 is 1.81. The number of nitro groups is 1. The molecule has 1 N–H and O–H groups in total. The molecule has 0 saturated carbocycles. The van der Waals surface area contributed by atoms with Gasteiger partial charge in [0.25, 0.3) is 11.6 Å². The third kappa shape index (κ3) is 4.35. The number of rotatable bonds is 6. The zero-order chi connectivity index (χ0) is 18.5. The number of nitrogens with zero attached hydrogens (tertiary/aromatic N) is 3. The van der Waals surface area contributed by atoms with Gasteiger partial charge in [-0.3, -0.25) is 14.9 Å². The fraction of sp³-hybridized carbons (Fsp3) is 0.0625. The van der Waals surface area contributed by atoms with Gasteiger partial charge in [-0.1, -0.05) is 35.7 Å². The van der Waals surface area contributed by atoms with E-state index in [1.54, 1.807) is 0 Å². The molecular weight excluding hydrogens is 376 g/mol. The molecule has 0 spiro atoms. The Morgan fingerprint density at radius 1 is 1.35 bits per heavy atom. The van der Waals surface area contributed by atoms with Crippen molar-refractivity contribution in [1.29, 1.82) is 0 Å². The normalized spacial score (nSPS) is 11.1. The molecule has 0 aliphatic carbocycles. The number of hydrogen-bond acceptors (Lipinski definition) is 8. The van der Waals surface area contributed by atoms with Gasteiger partial charge in [-0.05, 0) is 17.7 Å². The largest absolute Gasteiger partial charge is 0.872 e. The van der Waals surface area contributed by atoms with E-state index in [1.807, 2.05) is 24.3 Å². The van der Waals surface area contributed by atoms with E-state index in [4.69, 9.17) is 0 Å². The quantitative estimate of drug-likeness (QED) is 0.300. The summed E-state index contributed by atoms with van der Waals surface area (Å²) in [6.07, 6.45) is 1.09. The van der Waals surface area contributed by atoms with Crippen LogP contribution in [0.3, 0.4) is 0 Å². The highest BCUT2D eigenvalue weighted by Crippen LogP contribution is 2.29. The highest BCUT2D eigenvalue weighted by atomic mass is 32.2. The fourth-order valence-electron chi connectivity index (χ4n) is 2.00. The number of aromatic nitrogens is 1. The first-order chi connectivity index (χ1) is 12.5. The highest BCUT2D eigenvalue weighted by molar-refractivity contribution is 8.01. The van der Waals surface area contributed by atoms with Gasteiger partial charge >= 0.3 is 0 Å². The number of benzene rings is 2. The van der Waals surface area contributed by atoms with Gasteiger partial charge in [0.1, 0.15) is 0 Å². The van der Waals surface area contributed by atoms with Crippen molar-refractivity contribution in [1.82, 2.24) is 10.4 Å². The predicted octanol–water partition coefficient (Wildman–Crippen LogP) is 2.52. The van der Waals surface area contributed by atoms with E-state index in [0.717, 1.165) is 39.0 Å². The van der Waals surface area contributed by atoms with Crippen molar-refractivity contribution in [3.63, 3.8) is 0 Å². The lowest BCUT2D eigenvalue weighted by Crippen LogP contribution is -2.19. The van der Waals surface area contributed by atoms with E-state index in [1.165, 1.54) is 23.1 Å². The lowest BCUT2D eigenvalue weighted by molar-refractivity contribution is -0.385. The van der Waals surface area contributed by atoms with Crippen LogP contribution in [0.4, 0.5) is 5.69 Å². The van der Waals surface area contributed by atoms with Crippen molar-refractivity contribution < 1.29 is 14.8 Å². The van der Waals surface area contributed by atoms with Crippen LogP contribution in [-0.2, 0) is 4.79 Å². The molecule has 0 aliphatic rings. The Bertz CT molecular complexity index is 970. The van der Waals surface area contributed by atoms with Gasteiger partial charge in [-0.2, -0.15) is 5.10 Å². The van der Waals surface area contributed by atoms with Crippen LogP contribution in [-0.4, -0.2) is 27.8 Å². The van der Waals surface area contributed by atoms with E-state index in [0.29, 0.717) is 0 Å². The SMILES string of the molecule is O=C(CSc1nc2ccccc2s1)N/N=C/c1cc([N+](=O)[O-])ccc1[O-]. The first kappa shape index (κ1) is 17.8.